The third kappa shape index (κ3) is 3.61. The molecule has 0 fully saturated rings. The lowest BCUT2D eigenvalue weighted by Crippen LogP contribution is -2.45. The number of benzene rings is 1. The van der Waals surface area contributed by atoms with Crippen LogP contribution in [0.5, 0.6) is 11.5 Å². The van der Waals surface area contributed by atoms with E-state index in [1.807, 2.05) is 6.92 Å². The van der Waals surface area contributed by atoms with Crippen LogP contribution in [0.1, 0.15) is 30.6 Å². The highest BCUT2D eigenvalue weighted by Gasteiger charge is 2.26. The van der Waals surface area contributed by atoms with Crippen molar-refractivity contribution in [3.63, 3.8) is 0 Å². The lowest BCUT2D eigenvalue weighted by atomic mass is 9.99. The van der Waals surface area contributed by atoms with Gasteiger partial charge in [-0.3, -0.25) is 4.79 Å². The molecular formula is C13H17NO5. The van der Waals surface area contributed by atoms with Gasteiger partial charge >= 0.3 is 5.97 Å². The Morgan fingerprint density at radius 2 is 1.95 bits per heavy atom. The molecule has 1 amide bonds. The van der Waals surface area contributed by atoms with E-state index in [1.54, 1.807) is 6.92 Å². The summed E-state index contributed by atoms with van der Waals surface area (Å²) in [4.78, 5) is 23.0. The number of carbonyl (C=O) groups is 2. The fourth-order valence-electron chi connectivity index (χ4n) is 1.61. The molecule has 0 aliphatic carbocycles. The second-order valence-electron chi connectivity index (χ2n) is 4.38. The van der Waals surface area contributed by atoms with Crippen molar-refractivity contribution in [3.8, 4) is 11.5 Å². The van der Waals surface area contributed by atoms with E-state index in [0.29, 0.717) is 6.42 Å². The molecule has 104 valence electrons. The molecule has 2 atom stereocenters. The third-order valence-corrected chi connectivity index (χ3v) is 2.99. The first-order valence-corrected chi connectivity index (χ1v) is 5.92. The molecule has 0 saturated heterocycles. The van der Waals surface area contributed by atoms with E-state index < -0.39 is 23.7 Å². The van der Waals surface area contributed by atoms with Gasteiger partial charge in [0.25, 0.3) is 5.91 Å². The molecule has 0 aromatic heterocycles. The van der Waals surface area contributed by atoms with Crippen molar-refractivity contribution in [2.45, 2.75) is 26.3 Å². The normalized spacial score (nSPS) is 13.6. The second kappa shape index (κ2) is 6.08. The average Bonchev–Trinajstić information content (AvgIpc) is 2.34. The molecule has 6 nitrogen and oxygen atoms in total. The van der Waals surface area contributed by atoms with Crippen molar-refractivity contribution in [1.29, 1.82) is 0 Å². The van der Waals surface area contributed by atoms with Crippen LogP contribution in [0.25, 0.3) is 0 Å². The zero-order chi connectivity index (χ0) is 14.6. The van der Waals surface area contributed by atoms with Gasteiger partial charge in [0.05, 0.1) is 5.56 Å². The van der Waals surface area contributed by atoms with E-state index in [1.165, 1.54) is 12.1 Å². The molecule has 1 aromatic rings. The molecule has 1 aromatic carbocycles. The maximum atomic E-state index is 11.9. The van der Waals surface area contributed by atoms with Gasteiger partial charge in [-0.1, -0.05) is 20.3 Å². The van der Waals surface area contributed by atoms with Crippen LogP contribution in [0.15, 0.2) is 18.2 Å². The molecule has 0 radical (unpaired) electrons. The van der Waals surface area contributed by atoms with Crippen molar-refractivity contribution in [3.05, 3.63) is 23.8 Å². The minimum Gasteiger partial charge on any atom is -0.508 e. The average molecular weight is 267 g/mol. The minimum absolute atomic E-state index is 0.0765. The van der Waals surface area contributed by atoms with E-state index in [0.717, 1.165) is 6.07 Å². The lowest BCUT2D eigenvalue weighted by molar-refractivity contribution is -0.140. The van der Waals surface area contributed by atoms with Crippen LogP contribution in [0, 0.1) is 5.92 Å². The van der Waals surface area contributed by atoms with Crippen LogP contribution in [-0.4, -0.2) is 33.2 Å². The van der Waals surface area contributed by atoms with Crippen molar-refractivity contribution in [2.75, 3.05) is 0 Å². The molecule has 19 heavy (non-hydrogen) atoms. The van der Waals surface area contributed by atoms with Crippen LogP contribution in [0.2, 0.25) is 0 Å². The number of carbonyl (C=O) groups excluding carboxylic acids is 1. The highest BCUT2D eigenvalue weighted by Crippen LogP contribution is 2.22. The van der Waals surface area contributed by atoms with Gasteiger partial charge in [-0.2, -0.15) is 0 Å². The van der Waals surface area contributed by atoms with E-state index in [-0.39, 0.29) is 17.2 Å². The smallest absolute Gasteiger partial charge is 0.326 e. The number of hydrogen-bond acceptors (Lipinski definition) is 4. The van der Waals surface area contributed by atoms with Gasteiger partial charge in [0, 0.05) is 6.07 Å². The second-order valence-corrected chi connectivity index (χ2v) is 4.38. The molecule has 0 spiro atoms. The Morgan fingerprint density at radius 1 is 1.32 bits per heavy atom. The number of hydrogen-bond donors (Lipinski definition) is 4. The molecule has 0 bridgehead atoms. The first kappa shape index (κ1) is 14.8. The predicted octanol–water partition coefficient (Wildman–Crippen LogP) is 1.33. The summed E-state index contributed by atoms with van der Waals surface area (Å²) in [6, 6.07) is 2.47. The van der Waals surface area contributed by atoms with Crippen LogP contribution in [0.3, 0.4) is 0 Å². The number of rotatable bonds is 5. The van der Waals surface area contributed by atoms with Crippen LogP contribution >= 0.6 is 0 Å². The molecule has 0 saturated carbocycles. The van der Waals surface area contributed by atoms with E-state index in [4.69, 9.17) is 10.2 Å². The highest BCUT2D eigenvalue weighted by molar-refractivity contribution is 5.99. The number of carboxylic acids is 1. The number of phenols is 2. The Morgan fingerprint density at radius 3 is 2.42 bits per heavy atom. The van der Waals surface area contributed by atoms with Crippen LogP contribution < -0.4 is 5.32 Å². The van der Waals surface area contributed by atoms with Gasteiger partial charge in [0.1, 0.15) is 17.5 Å². The lowest BCUT2D eigenvalue weighted by Gasteiger charge is -2.20. The van der Waals surface area contributed by atoms with Crippen LogP contribution in [-0.2, 0) is 4.79 Å². The largest absolute Gasteiger partial charge is 0.508 e. The molecule has 0 aliphatic rings. The first-order valence-electron chi connectivity index (χ1n) is 5.92. The van der Waals surface area contributed by atoms with Crippen LogP contribution in [0.4, 0.5) is 0 Å². The molecule has 0 heterocycles. The first-order chi connectivity index (χ1) is 8.86. The molecular weight excluding hydrogens is 250 g/mol. The molecule has 0 unspecified atom stereocenters. The Balaban J connectivity index is 2.91. The summed E-state index contributed by atoms with van der Waals surface area (Å²) in [6.45, 7) is 3.54. The van der Waals surface area contributed by atoms with Gasteiger partial charge in [0.2, 0.25) is 0 Å². The Labute approximate surface area is 110 Å². The van der Waals surface area contributed by atoms with Gasteiger partial charge < -0.3 is 20.6 Å². The van der Waals surface area contributed by atoms with Gasteiger partial charge in [-0.25, -0.2) is 4.79 Å². The number of aliphatic carboxylic acids is 1. The number of carboxylic acid groups (broad SMARTS) is 1. The standard InChI is InChI=1S/C13H17NO5/c1-3-7(2)11(13(18)19)14-12(17)9-5-4-8(15)6-10(9)16/h4-7,11,15-16H,3H2,1-2H3,(H,14,17)(H,18,19)/t7-,11-/m0/s1. The summed E-state index contributed by atoms with van der Waals surface area (Å²) in [5.41, 5.74) is -0.0765. The summed E-state index contributed by atoms with van der Waals surface area (Å²) in [7, 11) is 0. The van der Waals surface area contributed by atoms with E-state index in [2.05, 4.69) is 5.32 Å². The fraction of sp³-hybridized carbons (Fsp3) is 0.385. The quantitative estimate of drug-likeness (QED) is 0.643. The minimum atomic E-state index is -1.12. The summed E-state index contributed by atoms with van der Waals surface area (Å²) >= 11 is 0. The van der Waals surface area contributed by atoms with Crippen molar-refractivity contribution < 1.29 is 24.9 Å². The van der Waals surface area contributed by atoms with Crippen molar-refractivity contribution in [1.82, 2.24) is 5.32 Å². The Hall–Kier alpha value is -2.24. The number of phenolic OH excluding ortho intramolecular Hbond substituents is 2. The van der Waals surface area contributed by atoms with Crippen molar-refractivity contribution in [2.24, 2.45) is 5.92 Å². The summed E-state index contributed by atoms with van der Waals surface area (Å²) in [5, 5.41) is 30.1. The maximum absolute atomic E-state index is 11.9. The van der Waals surface area contributed by atoms with Gasteiger partial charge in [0.15, 0.2) is 0 Å². The van der Waals surface area contributed by atoms with Crippen molar-refractivity contribution >= 4 is 11.9 Å². The molecule has 6 heteroatoms. The predicted molar refractivity (Wildman–Crippen MR) is 68.1 cm³/mol. The van der Waals surface area contributed by atoms with Gasteiger partial charge in [-0.05, 0) is 18.1 Å². The van der Waals surface area contributed by atoms with E-state index >= 15 is 0 Å². The van der Waals surface area contributed by atoms with Gasteiger partial charge in [-0.15, -0.1) is 0 Å². The van der Waals surface area contributed by atoms with E-state index in [9.17, 15) is 14.7 Å². The molecule has 4 N–H and O–H groups in total. The number of nitrogens with one attached hydrogen (secondary N) is 1. The molecule has 1 rings (SSSR count). The maximum Gasteiger partial charge on any atom is 0.326 e. The molecule has 0 aliphatic heterocycles. The monoisotopic (exact) mass is 267 g/mol. The summed E-state index contributed by atoms with van der Waals surface area (Å²) < 4.78 is 0. The zero-order valence-electron chi connectivity index (χ0n) is 10.8. The third-order valence-electron chi connectivity index (χ3n) is 2.99. The summed E-state index contributed by atoms with van der Waals surface area (Å²) in [6.07, 6.45) is 0.596. The SMILES string of the molecule is CC[C@H](C)[C@H](NC(=O)c1ccc(O)cc1O)C(=O)O. The number of amides is 1. The summed E-state index contributed by atoms with van der Waals surface area (Å²) in [5.74, 6) is -2.62. The Bertz CT molecular complexity index is 486. The number of aromatic hydroxyl groups is 2. The Kier molecular flexibility index (Phi) is 4.74. The topological polar surface area (TPSA) is 107 Å². The zero-order valence-corrected chi connectivity index (χ0v) is 10.8. The fourth-order valence-corrected chi connectivity index (χ4v) is 1.61. The highest BCUT2D eigenvalue weighted by atomic mass is 16.4.